The number of ether oxygens (including phenoxy) is 3. The van der Waals surface area contributed by atoms with Gasteiger partial charge in [-0.25, -0.2) is 9.48 Å². The molecule has 0 fully saturated rings. The Morgan fingerprint density at radius 2 is 1.97 bits per heavy atom. The van der Waals surface area contributed by atoms with Gasteiger partial charge in [0.05, 0.1) is 31.0 Å². The molecule has 1 aromatic heterocycles. The molecular weight excluding hydrogens is 478 g/mol. The number of carbonyl (C=O) groups excluding carboxylic acids is 1. The maximum Gasteiger partial charge on any atom is 0.407 e. The molecule has 0 aliphatic rings. The van der Waals surface area contributed by atoms with Crippen LogP contribution in [0.3, 0.4) is 0 Å². The van der Waals surface area contributed by atoms with E-state index in [0.717, 1.165) is 33.6 Å². The summed E-state index contributed by atoms with van der Waals surface area (Å²) in [5.74, 6) is 0. The molecule has 31 heavy (non-hydrogen) atoms. The molecule has 0 saturated carbocycles. The fourth-order valence-corrected chi connectivity index (χ4v) is 4.19. The van der Waals surface area contributed by atoms with Gasteiger partial charge in [-0.2, -0.15) is 5.10 Å². The average molecular weight is 515 g/mol. The molecule has 0 bridgehead atoms. The Morgan fingerprint density at radius 3 is 2.61 bits per heavy atom. The van der Waals surface area contributed by atoms with Gasteiger partial charge < -0.3 is 19.5 Å². The van der Waals surface area contributed by atoms with Crippen molar-refractivity contribution in [2.24, 2.45) is 0 Å². The summed E-state index contributed by atoms with van der Waals surface area (Å²) in [6, 6.07) is 5.02. The zero-order valence-corrected chi connectivity index (χ0v) is 22.3. The second-order valence-corrected chi connectivity index (χ2v) is 16.6. The molecule has 0 unspecified atom stereocenters. The van der Waals surface area contributed by atoms with E-state index in [1.807, 2.05) is 50.7 Å². The molecule has 0 aliphatic heterocycles. The summed E-state index contributed by atoms with van der Waals surface area (Å²) in [6.45, 7) is 16.3. The third-order valence-electron chi connectivity index (χ3n) is 4.38. The topological polar surface area (TPSA) is 74.6 Å². The van der Waals surface area contributed by atoms with Crippen LogP contribution in [-0.2, 0) is 27.5 Å². The number of amides is 1. The predicted octanol–water partition coefficient (Wildman–Crippen LogP) is 5.54. The summed E-state index contributed by atoms with van der Waals surface area (Å²) in [6.07, 6.45) is 1.40. The Labute approximate surface area is 194 Å². The number of benzene rings is 1. The number of alkyl carbamates (subject to hydrolysis) is 1. The number of nitrogens with one attached hydrogen (secondary N) is 1. The standard InChI is InChI=1S/C22H36BrN3O4Si/c1-16(25-21(27)30-22(2,3)4)13-29-14-18-11-19(23)10-17-12-24-26(20(17)18)15-28-8-9-31(5,6)7/h10-12,16H,8-9,13-15H2,1-7H3,(H,25,27)/t16-/m1/s1. The maximum atomic E-state index is 11.9. The lowest BCUT2D eigenvalue weighted by atomic mass is 10.1. The molecule has 0 radical (unpaired) electrons. The summed E-state index contributed by atoms with van der Waals surface area (Å²) < 4.78 is 19.9. The van der Waals surface area contributed by atoms with Crippen molar-refractivity contribution in [1.82, 2.24) is 15.1 Å². The monoisotopic (exact) mass is 513 g/mol. The van der Waals surface area contributed by atoms with Gasteiger partial charge in [0.15, 0.2) is 0 Å². The molecule has 9 heteroatoms. The fraction of sp³-hybridized carbons (Fsp3) is 0.636. The lowest BCUT2D eigenvalue weighted by Gasteiger charge is -2.22. The Morgan fingerprint density at radius 1 is 1.26 bits per heavy atom. The van der Waals surface area contributed by atoms with Gasteiger partial charge in [0.2, 0.25) is 0 Å². The Kier molecular flexibility index (Phi) is 9.11. The van der Waals surface area contributed by atoms with E-state index < -0.39 is 19.8 Å². The fourth-order valence-electron chi connectivity index (χ4n) is 2.91. The summed E-state index contributed by atoms with van der Waals surface area (Å²) in [5, 5.41) is 8.32. The maximum absolute atomic E-state index is 11.9. The number of carbonyl (C=O) groups is 1. The number of fused-ring (bicyclic) bond motifs is 1. The summed E-state index contributed by atoms with van der Waals surface area (Å²) >= 11 is 3.57. The van der Waals surface area contributed by atoms with E-state index in [1.165, 1.54) is 0 Å². The smallest absolute Gasteiger partial charge is 0.407 e. The molecule has 2 rings (SSSR count). The molecule has 0 aliphatic carbocycles. The molecule has 2 aromatic rings. The molecule has 1 aromatic carbocycles. The van der Waals surface area contributed by atoms with Gasteiger partial charge in [-0.3, -0.25) is 0 Å². The lowest BCUT2D eigenvalue weighted by molar-refractivity contribution is 0.0442. The van der Waals surface area contributed by atoms with Crippen LogP contribution in [0.2, 0.25) is 25.7 Å². The van der Waals surface area contributed by atoms with E-state index in [0.29, 0.717) is 19.9 Å². The molecule has 1 heterocycles. The molecule has 1 N–H and O–H groups in total. The van der Waals surface area contributed by atoms with Crippen molar-refractivity contribution in [3.8, 4) is 0 Å². The highest BCUT2D eigenvalue weighted by atomic mass is 79.9. The van der Waals surface area contributed by atoms with Crippen LogP contribution in [0.15, 0.2) is 22.8 Å². The second kappa shape index (κ2) is 10.9. The van der Waals surface area contributed by atoms with Crippen molar-refractivity contribution in [2.45, 2.75) is 78.4 Å². The van der Waals surface area contributed by atoms with Gasteiger partial charge in [-0.15, -0.1) is 0 Å². The first-order chi connectivity index (χ1) is 14.3. The normalized spacial score (nSPS) is 13.4. The van der Waals surface area contributed by atoms with E-state index in [2.05, 4.69) is 46.0 Å². The van der Waals surface area contributed by atoms with Crippen molar-refractivity contribution in [3.63, 3.8) is 0 Å². The molecule has 0 saturated heterocycles. The number of rotatable bonds is 10. The lowest BCUT2D eigenvalue weighted by Crippen LogP contribution is -2.39. The van der Waals surface area contributed by atoms with Gasteiger partial charge in [0, 0.05) is 30.1 Å². The number of aromatic nitrogens is 2. The third-order valence-corrected chi connectivity index (χ3v) is 6.54. The van der Waals surface area contributed by atoms with Crippen molar-refractivity contribution >= 4 is 41.0 Å². The average Bonchev–Trinajstić information content (AvgIpc) is 2.98. The number of halogens is 1. The predicted molar refractivity (Wildman–Crippen MR) is 130 cm³/mol. The van der Waals surface area contributed by atoms with Crippen LogP contribution in [0.4, 0.5) is 4.79 Å². The van der Waals surface area contributed by atoms with Crippen LogP contribution < -0.4 is 5.32 Å². The van der Waals surface area contributed by atoms with Crippen molar-refractivity contribution in [2.75, 3.05) is 13.2 Å². The van der Waals surface area contributed by atoms with E-state index in [-0.39, 0.29) is 6.04 Å². The Hall–Kier alpha value is -1.42. The highest BCUT2D eigenvalue weighted by Gasteiger charge is 2.18. The van der Waals surface area contributed by atoms with Crippen LogP contribution in [0.25, 0.3) is 10.9 Å². The second-order valence-electron chi connectivity index (χ2n) is 10.1. The van der Waals surface area contributed by atoms with Crippen molar-refractivity contribution in [3.05, 3.63) is 28.4 Å². The van der Waals surface area contributed by atoms with Crippen molar-refractivity contribution < 1.29 is 19.0 Å². The van der Waals surface area contributed by atoms with E-state index >= 15 is 0 Å². The van der Waals surface area contributed by atoms with Gasteiger partial charge in [-0.05, 0) is 45.9 Å². The molecule has 174 valence electrons. The van der Waals surface area contributed by atoms with Crippen molar-refractivity contribution in [1.29, 1.82) is 0 Å². The highest BCUT2D eigenvalue weighted by molar-refractivity contribution is 9.10. The Bertz CT molecular complexity index is 874. The third kappa shape index (κ3) is 9.30. The summed E-state index contributed by atoms with van der Waals surface area (Å²) in [5.41, 5.74) is 1.49. The molecule has 1 amide bonds. The highest BCUT2D eigenvalue weighted by Crippen LogP contribution is 2.25. The van der Waals surface area contributed by atoms with Crippen LogP contribution in [0.5, 0.6) is 0 Å². The van der Waals surface area contributed by atoms with Gasteiger partial charge in [0.25, 0.3) is 0 Å². The summed E-state index contributed by atoms with van der Waals surface area (Å²) in [4.78, 5) is 11.9. The largest absolute Gasteiger partial charge is 0.444 e. The molecular formula is C22H36BrN3O4Si. The first kappa shape index (κ1) is 25.8. The number of hydrogen-bond donors (Lipinski definition) is 1. The van der Waals surface area contributed by atoms with E-state index in [1.54, 1.807) is 0 Å². The first-order valence-corrected chi connectivity index (χ1v) is 15.1. The van der Waals surface area contributed by atoms with Crippen LogP contribution >= 0.6 is 15.9 Å². The minimum Gasteiger partial charge on any atom is -0.444 e. The van der Waals surface area contributed by atoms with Crippen LogP contribution in [0, 0.1) is 0 Å². The quantitative estimate of drug-likeness (QED) is 0.333. The van der Waals surface area contributed by atoms with E-state index in [4.69, 9.17) is 14.2 Å². The molecule has 1 atom stereocenters. The number of hydrogen-bond acceptors (Lipinski definition) is 5. The van der Waals surface area contributed by atoms with Gasteiger partial charge >= 0.3 is 6.09 Å². The Balaban J connectivity index is 1.96. The molecule has 0 spiro atoms. The minimum absolute atomic E-state index is 0.174. The van der Waals surface area contributed by atoms with Crippen LogP contribution in [-0.4, -0.2) is 48.8 Å². The SMILES string of the molecule is C[C@H](COCc1cc(Br)cc2cnn(COCC[Si](C)(C)C)c12)NC(=O)OC(C)(C)C. The van der Waals surface area contributed by atoms with Gasteiger partial charge in [-0.1, -0.05) is 35.6 Å². The van der Waals surface area contributed by atoms with E-state index in [9.17, 15) is 4.79 Å². The zero-order chi connectivity index (χ0) is 23.2. The number of nitrogens with zero attached hydrogens (tertiary/aromatic N) is 2. The van der Waals surface area contributed by atoms with Crippen LogP contribution in [0.1, 0.15) is 33.3 Å². The minimum atomic E-state index is -1.12. The molecule has 7 nitrogen and oxygen atoms in total. The zero-order valence-electron chi connectivity index (χ0n) is 19.8. The van der Waals surface area contributed by atoms with Gasteiger partial charge in [0.1, 0.15) is 12.3 Å². The summed E-state index contributed by atoms with van der Waals surface area (Å²) in [7, 11) is -1.12. The first-order valence-electron chi connectivity index (χ1n) is 10.6.